The monoisotopic (exact) mass is 323 g/mol. The van der Waals surface area contributed by atoms with Crippen LogP contribution in [0.2, 0.25) is 0 Å². The summed E-state index contributed by atoms with van der Waals surface area (Å²) in [6, 6.07) is 4.92. The van der Waals surface area contributed by atoms with Crippen LogP contribution in [0.15, 0.2) is 18.2 Å². The van der Waals surface area contributed by atoms with Crippen molar-refractivity contribution in [3.63, 3.8) is 0 Å². The van der Waals surface area contributed by atoms with E-state index < -0.39 is 11.6 Å². The van der Waals surface area contributed by atoms with Crippen molar-refractivity contribution in [3.05, 3.63) is 35.4 Å². The second kappa shape index (κ2) is 7.24. The molecule has 3 nitrogen and oxygen atoms in total. The minimum absolute atomic E-state index is 0.490. The van der Waals surface area contributed by atoms with E-state index >= 15 is 0 Å². The third-order valence-electron chi connectivity index (χ3n) is 5.30. The van der Waals surface area contributed by atoms with Crippen LogP contribution in [0.1, 0.15) is 38.7 Å². The van der Waals surface area contributed by atoms with Crippen LogP contribution in [0.25, 0.3) is 0 Å². The molecule has 23 heavy (non-hydrogen) atoms. The number of nitrogens with one attached hydrogen (secondary N) is 2. The molecule has 2 unspecified atom stereocenters. The van der Waals surface area contributed by atoms with Gasteiger partial charge in [-0.15, -0.1) is 0 Å². The zero-order chi connectivity index (χ0) is 16.4. The molecule has 0 radical (unpaired) electrons. The van der Waals surface area contributed by atoms with Crippen LogP contribution in [-0.4, -0.2) is 30.1 Å². The summed E-state index contributed by atoms with van der Waals surface area (Å²) in [7, 11) is 0. The van der Waals surface area contributed by atoms with Gasteiger partial charge in [-0.1, -0.05) is 13.8 Å². The second-order valence-electron chi connectivity index (χ2n) is 7.37. The normalized spacial score (nSPS) is 27.0. The molecule has 2 heterocycles. The molecule has 2 aliphatic rings. The maximum Gasteiger partial charge on any atom is 0.126 e. The third kappa shape index (κ3) is 4.28. The first-order chi connectivity index (χ1) is 11.0. The zero-order valence-corrected chi connectivity index (χ0v) is 14.0. The van der Waals surface area contributed by atoms with E-state index in [0.29, 0.717) is 30.5 Å². The van der Waals surface area contributed by atoms with Crippen molar-refractivity contribution in [2.75, 3.05) is 13.1 Å². The highest BCUT2D eigenvalue weighted by Crippen LogP contribution is 2.27. The molecule has 2 N–H and O–H groups in total. The minimum Gasteiger partial charge on any atom is -0.299 e. The maximum atomic E-state index is 13.3. The predicted octanol–water partition coefficient (Wildman–Crippen LogP) is 3.07. The Morgan fingerprint density at radius 3 is 2.30 bits per heavy atom. The molecule has 2 saturated heterocycles. The van der Waals surface area contributed by atoms with Crippen molar-refractivity contribution in [2.45, 2.75) is 51.7 Å². The van der Waals surface area contributed by atoms with Gasteiger partial charge in [-0.25, -0.2) is 8.78 Å². The average molecular weight is 323 g/mol. The second-order valence-corrected chi connectivity index (χ2v) is 7.37. The van der Waals surface area contributed by atoms with Gasteiger partial charge < -0.3 is 0 Å². The molecule has 2 atom stereocenters. The summed E-state index contributed by atoms with van der Waals surface area (Å²) in [5, 5.41) is 0. The van der Waals surface area contributed by atoms with E-state index in [0.717, 1.165) is 37.6 Å². The Balaban J connectivity index is 1.49. The summed E-state index contributed by atoms with van der Waals surface area (Å²) in [6.45, 7) is 7.12. The number of nitrogens with zero attached hydrogens (tertiary/aromatic N) is 1. The van der Waals surface area contributed by atoms with Gasteiger partial charge in [0.2, 0.25) is 0 Å². The highest BCUT2D eigenvalue weighted by molar-refractivity contribution is 5.17. The molecule has 0 spiro atoms. The highest BCUT2D eigenvalue weighted by atomic mass is 19.1. The molecular weight excluding hydrogens is 296 g/mol. The number of hydrogen-bond donors (Lipinski definition) is 2. The molecule has 2 aliphatic heterocycles. The van der Waals surface area contributed by atoms with Gasteiger partial charge in [0.15, 0.2) is 0 Å². The number of benzene rings is 1. The summed E-state index contributed by atoms with van der Waals surface area (Å²) in [4.78, 5) is 2.30. The molecule has 2 fully saturated rings. The standard InChI is InChI=1S/C18H27F2N3/c1-12(2)17-10-18(22-21-17)14-3-5-23(6-4-14)11-13-7-15(19)9-16(20)8-13/h7-9,12,14,17-18,21-22H,3-6,10-11H2,1-2H3. The lowest BCUT2D eigenvalue weighted by Gasteiger charge is -2.34. The van der Waals surface area contributed by atoms with Crippen molar-refractivity contribution in [1.29, 1.82) is 0 Å². The van der Waals surface area contributed by atoms with Crippen molar-refractivity contribution in [3.8, 4) is 0 Å². The number of likely N-dealkylation sites (tertiary alicyclic amines) is 1. The molecular formula is C18H27F2N3. The Hall–Kier alpha value is -1.04. The van der Waals surface area contributed by atoms with Crippen LogP contribution in [0, 0.1) is 23.5 Å². The van der Waals surface area contributed by atoms with Crippen molar-refractivity contribution in [2.24, 2.45) is 11.8 Å². The van der Waals surface area contributed by atoms with Crippen molar-refractivity contribution < 1.29 is 8.78 Å². The fourth-order valence-corrected chi connectivity index (χ4v) is 3.83. The van der Waals surface area contributed by atoms with E-state index in [4.69, 9.17) is 0 Å². The molecule has 1 aromatic carbocycles. The first-order valence-electron chi connectivity index (χ1n) is 8.69. The third-order valence-corrected chi connectivity index (χ3v) is 5.30. The number of hydrogen-bond acceptors (Lipinski definition) is 3. The lowest BCUT2D eigenvalue weighted by Crippen LogP contribution is -2.42. The minimum atomic E-state index is -0.490. The topological polar surface area (TPSA) is 27.3 Å². The van der Waals surface area contributed by atoms with Crippen molar-refractivity contribution >= 4 is 0 Å². The number of halogens is 2. The maximum absolute atomic E-state index is 13.3. The fourth-order valence-electron chi connectivity index (χ4n) is 3.83. The largest absolute Gasteiger partial charge is 0.299 e. The molecule has 0 bridgehead atoms. The first-order valence-corrected chi connectivity index (χ1v) is 8.69. The Kier molecular flexibility index (Phi) is 5.29. The Morgan fingerprint density at radius 2 is 1.74 bits per heavy atom. The van der Waals surface area contributed by atoms with E-state index in [-0.39, 0.29) is 0 Å². The van der Waals surface area contributed by atoms with Gasteiger partial charge in [0.25, 0.3) is 0 Å². The summed E-state index contributed by atoms with van der Waals surface area (Å²) < 4.78 is 26.6. The van der Waals surface area contributed by atoms with E-state index in [1.165, 1.54) is 18.6 Å². The molecule has 0 aliphatic carbocycles. The van der Waals surface area contributed by atoms with E-state index in [1.807, 2.05) is 0 Å². The van der Waals surface area contributed by atoms with E-state index in [2.05, 4.69) is 29.6 Å². The number of hydrazine groups is 1. The van der Waals surface area contributed by atoms with Gasteiger partial charge >= 0.3 is 0 Å². The van der Waals surface area contributed by atoms with Crippen LogP contribution in [0.4, 0.5) is 8.78 Å². The Bertz CT molecular complexity index is 507. The van der Waals surface area contributed by atoms with Gasteiger partial charge in [0.1, 0.15) is 11.6 Å². The highest BCUT2D eigenvalue weighted by Gasteiger charge is 2.33. The van der Waals surface area contributed by atoms with Crippen LogP contribution >= 0.6 is 0 Å². The zero-order valence-electron chi connectivity index (χ0n) is 14.0. The molecule has 0 amide bonds. The van der Waals surface area contributed by atoms with E-state index in [1.54, 1.807) is 0 Å². The van der Waals surface area contributed by atoms with Gasteiger partial charge in [0.05, 0.1) is 0 Å². The molecule has 5 heteroatoms. The smallest absolute Gasteiger partial charge is 0.126 e. The SMILES string of the molecule is CC(C)C1CC(C2CCN(Cc3cc(F)cc(F)c3)CC2)NN1. The molecule has 0 saturated carbocycles. The van der Waals surface area contributed by atoms with E-state index in [9.17, 15) is 8.78 Å². The lowest BCUT2D eigenvalue weighted by atomic mass is 9.85. The van der Waals surface area contributed by atoms with Gasteiger partial charge in [-0.05, 0) is 61.9 Å². The Morgan fingerprint density at radius 1 is 1.09 bits per heavy atom. The predicted molar refractivity (Wildman–Crippen MR) is 87.7 cm³/mol. The lowest BCUT2D eigenvalue weighted by molar-refractivity contribution is 0.155. The summed E-state index contributed by atoms with van der Waals surface area (Å²) in [5.41, 5.74) is 7.61. The molecule has 0 aromatic heterocycles. The average Bonchev–Trinajstić information content (AvgIpc) is 2.97. The quantitative estimate of drug-likeness (QED) is 0.892. The fraction of sp³-hybridized carbons (Fsp3) is 0.667. The first kappa shape index (κ1) is 16.8. The molecule has 128 valence electrons. The van der Waals surface area contributed by atoms with Crippen LogP contribution in [0.3, 0.4) is 0 Å². The Labute approximate surface area is 137 Å². The van der Waals surface area contributed by atoms with Gasteiger partial charge in [-0.2, -0.15) is 0 Å². The summed E-state index contributed by atoms with van der Waals surface area (Å²) >= 11 is 0. The van der Waals surface area contributed by atoms with Crippen molar-refractivity contribution in [1.82, 2.24) is 15.8 Å². The number of rotatable bonds is 4. The van der Waals surface area contributed by atoms with Gasteiger partial charge in [-0.3, -0.25) is 15.8 Å². The molecule has 1 aromatic rings. The van der Waals surface area contributed by atoms with Gasteiger partial charge in [0, 0.05) is 24.7 Å². The number of piperidine rings is 1. The van der Waals surface area contributed by atoms with Crippen LogP contribution < -0.4 is 10.9 Å². The summed E-state index contributed by atoms with van der Waals surface area (Å²) in [6.07, 6.45) is 3.47. The summed E-state index contributed by atoms with van der Waals surface area (Å²) in [5.74, 6) is 0.355. The van der Waals surface area contributed by atoms with Crippen LogP contribution in [0.5, 0.6) is 0 Å². The molecule has 3 rings (SSSR count). The van der Waals surface area contributed by atoms with Crippen LogP contribution in [-0.2, 0) is 6.54 Å².